The van der Waals surface area contributed by atoms with E-state index in [2.05, 4.69) is 5.32 Å². The number of carbonyl (C=O) groups excluding carboxylic acids is 1. The molecule has 1 aliphatic rings. The summed E-state index contributed by atoms with van der Waals surface area (Å²) in [5, 5.41) is 13.0. The van der Waals surface area contributed by atoms with Gasteiger partial charge >= 0.3 is 12.0 Å². The number of fused-ring (bicyclic) bond motifs is 1. The van der Waals surface area contributed by atoms with Gasteiger partial charge in [-0.2, -0.15) is 0 Å². The minimum absolute atomic E-state index is 0.0474. The number of amides is 2. The number of carboxylic acid groups (broad SMARTS) is 1. The maximum atomic E-state index is 12.3. The fraction of sp³-hybridized carbons (Fsp3) is 0.444. The molecule has 1 aromatic carbocycles. The van der Waals surface area contributed by atoms with Gasteiger partial charge in [-0.1, -0.05) is 18.2 Å². The van der Waals surface area contributed by atoms with Crippen LogP contribution in [0.3, 0.4) is 0 Å². The number of hydrogen-bond donors (Lipinski definition) is 2. The fourth-order valence-corrected chi connectivity index (χ4v) is 3.19. The lowest BCUT2D eigenvalue weighted by Gasteiger charge is -2.28. The van der Waals surface area contributed by atoms with E-state index in [4.69, 9.17) is 9.52 Å². The lowest BCUT2D eigenvalue weighted by atomic mass is 9.86. The third-order valence-corrected chi connectivity index (χ3v) is 4.62. The van der Waals surface area contributed by atoms with Crippen LogP contribution in [-0.4, -0.2) is 35.1 Å². The first-order valence-corrected chi connectivity index (χ1v) is 8.25. The molecule has 0 atom stereocenters. The average molecular weight is 330 g/mol. The Hall–Kier alpha value is -2.50. The minimum Gasteiger partial charge on any atom is -0.481 e. The maximum absolute atomic E-state index is 12.3. The summed E-state index contributed by atoms with van der Waals surface area (Å²) in [4.78, 5) is 24.8. The number of hydrogen-bond acceptors (Lipinski definition) is 3. The van der Waals surface area contributed by atoms with E-state index in [1.54, 1.807) is 11.9 Å². The molecule has 0 bridgehead atoms. The van der Waals surface area contributed by atoms with Crippen molar-refractivity contribution in [3.05, 3.63) is 36.1 Å². The number of aliphatic carboxylic acids is 1. The third kappa shape index (κ3) is 3.69. The lowest BCUT2D eigenvalue weighted by Crippen LogP contribution is -2.44. The molecule has 1 aliphatic carbocycles. The SMILES string of the molecule is CN(Cc1cc2ccccc2o1)C(=O)NC1CCC(C(=O)O)CC1. The first-order chi connectivity index (χ1) is 11.5. The molecule has 0 spiro atoms. The lowest BCUT2D eigenvalue weighted by molar-refractivity contribution is -0.142. The highest BCUT2D eigenvalue weighted by Crippen LogP contribution is 2.25. The van der Waals surface area contributed by atoms with Gasteiger partial charge in [0.05, 0.1) is 12.5 Å². The van der Waals surface area contributed by atoms with Gasteiger partial charge in [0.15, 0.2) is 0 Å². The van der Waals surface area contributed by atoms with Crippen LogP contribution < -0.4 is 5.32 Å². The first-order valence-electron chi connectivity index (χ1n) is 8.25. The van der Waals surface area contributed by atoms with E-state index < -0.39 is 5.97 Å². The number of benzene rings is 1. The second kappa shape index (κ2) is 6.95. The Morgan fingerprint density at radius 2 is 1.96 bits per heavy atom. The summed E-state index contributed by atoms with van der Waals surface area (Å²) >= 11 is 0. The molecule has 24 heavy (non-hydrogen) atoms. The van der Waals surface area contributed by atoms with E-state index in [-0.39, 0.29) is 18.0 Å². The summed E-state index contributed by atoms with van der Waals surface area (Å²) in [7, 11) is 1.73. The van der Waals surface area contributed by atoms with Crippen molar-refractivity contribution in [1.82, 2.24) is 10.2 Å². The summed E-state index contributed by atoms with van der Waals surface area (Å²) in [6.45, 7) is 0.394. The molecule has 0 radical (unpaired) electrons. The van der Waals surface area contributed by atoms with Crippen LogP contribution in [0.1, 0.15) is 31.4 Å². The summed E-state index contributed by atoms with van der Waals surface area (Å²) < 4.78 is 5.73. The Balaban J connectivity index is 1.52. The summed E-state index contributed by atoms with van der Waals surface area (Å²) in [6, 6.07) is 9.58. The Labute approximate surface area is 140 Å². The van der Waals surface area contributed by atoms with Crippen molar-refractivity contribution < 1.29 is 19.1 Å². The molecule has 6 heteroatoms. The van der Waals surface area contributed by atoms with Gasteiger partial charge in [-0.3, -0.25) is 4.79 Å². The topological polar surface area (TPSA) is 82.8 Å². The van der Waals surface area contributed by atoms with Gasteiger partial charge in [-0.05, 0) is 37.8 Å². The van der Waals surface area contributed by atoms with Crippen LogP contribution in [0, 0.1) is 5.92 Å². The highest BCUT2D eigenvalue weighted by atomic mass is 16.4. The van der Waals surface area contributed by atoms with Gasteiger partial charge in [0, 0.05) is 18.5 Å². The quantitative estimate of drug-likeness (QED) is 0.901. The van der Waals surface area contributed by atoms with E-state index in [1.807, 2.05) is 30.3 Å². The summed E-state index contributed by atoms with van der Waals surface area (Å²) in [5.74, 6) is -0.267. The molecule has 1 fully saturated rings. The first kappa shape index (κ1) is 16.4. The number of carbonyl (C=O) groups is 2. The van der Waals surface area contributed by atoms with E-state index in [1.165, 1.54) is 0 Å². The largest absolute Gasteiger partial charge is 0.481 e. The molecule has 1 saturated carbocycles. The van der Waals surface area contributed by atoms with Crippen molar-refractivity contribution in [1.29, 1.82) is 0 Å². The standard InChI is InChI=1S/C18H22N2O4/c1-20(11-15-10-13-4-2-3-5-16(13)24-15)18(23)19-14-8-6-12(7-9-14)17(21)22/h2-5,10,12,14H,6-9,11H2,1H3,(H,19,23)(H,21,22). The van der Waals surface area contributed by atoms with Gasteiger partial charge in [0.1, 0.15) is 11.3 Å². The van der Waals surface area contributed by atoms with Crippen molar-refractivity contribution >= 4 is 23.0 Å². The van der Waals surface area contributed by atoms with E-state index in [0.29, 0.717) is 32.2 Å². The van der Waals surface area contributed by atoms with Gasteiger partial charge in [0.25, 0.3) is 0 Å². The van der Waals surface area contributed by atoms with Crippen molar-refractivity contribution in [2.45, 2.75) is 38.3 Å². The Morgan fingerprint density at radius 1 is 1.25 bits per heavy atom. The molecule has 2 N–H and O–H groups in total. The third-order valence-electron chi connectivity index (χ3n) is 4.62. The normalized spacial score (nSPS) is 20.7. The zero-order valence-electron chi connectivity index (χ0n) is 13.7. The van der Waals surface area contributed by atoms with E-state index in [9.17, 15) is 9.59 Å². The maximum Gasteiger partial charge on any atom is 0.317 e. The molecule has 3 rings (SSSR count). The molecule has 6 nitrogen and oxygen atoms in total. The second-order valence-electron chi connectivity index (χ2n) is 6.44. The number of para-hydroxylation sites is 1. The highest BCUT2D eigenvalue weighted by Gasteiger charge is 2.27. The second-order valence-corrected chi connectivity index (χ2v) is 6.44. The van der Waals surface area contributed by atoms with Crippen molar-refractivity contribution in [2.75, 3.05) is 7.05 Å². The summed E-state index contributed by atoms with van der Waals surface area (Å²) in [6.07, 6.45) is 2.66. The molecule has 2 aromatic rings. The smallest absolute Gasteiger partial charge is 0.317 e. The van der Waals surface area contributed by atoms with Crippen LogP contribution in [0.25, 0.3) is 11.0 Å². The molecule has 0 aliphatic heterocycles. The monoisotopic (exact) mass is 330 g/mol. The number of rotatable bonds is 4. The van der Waals surface area contributed by atoms with Crippen molar-refractivity contribution in [2.24, 2.45) is 5.92 Å². The van der Waals surface area contributed by atoms with Crippen molar-refractivity contribution in [3.8, 4) is 0 Å². The Morgan fingerprint density at radius 3 is 2.62 bits per heavy atom. The average Bonchev–Trinajstić information content (AvgIpc) is 2.97. The molecule has 0 saturated heterocycles. The molecule has 2 amide bonds. The molecular formula is C18H22N2O4. The zero-order chi connectivity index (χ0) is 17.1. The van der Waals surface area contributed by atoms with E-state index >= 15 is 0 Å². The van der Waals surface area contributed by atoms with Crippen LogP contribution in [0.4, 0.5) is 4.79 Å². The summed E-state index contributed by atoms with van der Waals surface area (Å²) in [5.41, 5.74) is 0.813. The highest BCUT2D eigenvalue weighted by molar-refractivity contribution is 5.78. The molecule has 0 unspecified atom stereocenters. The van der Waals surface area contributed by atoms with Crippen LogP contribution >= 0.6 is 0 Å². The van der Waals surface area contributed by atoms with Crippen molar-refractivity contribution in [3.63, 3.8) is 0 Å². The molecular weight excluding hydrogens is 308 g/mol. The van der Waals surface area contributed by atoms with Gasteiger partial charge in [-0.15, -0.1) is 0 Å². The predicted octanol–water partition coefficient (Wildman–Crippen LogP) is 3.22. The Kier molecular flexibility index (Phi) is 4.74. The predicted molar refractivity (Wildman–Crippen MR) is 89.6 cm³/mol. The van der Waals surface area contributed by atoms with Crippen LogP contribution in [0.5, 0.6) is 0 Å². The van der Waals surface area contributed by atoms with Gasteiger partial charge in [0.2, 0.25) is 0 Å². The van der Waals surface area contributed by atoms with Gasteiger partial charge < -0.3 is 19.7 Å². The molecule has 1 heterocycles. The number of nitrogens with zero attached hydrogens (tertiary/aromatic N) is 1. The molecule has 1 aromatic heterocycles. The number of furan rings is 1. The van der Waals surface area contributed by atoms with Crippen LogP contribution in [-0.2, 0) is 11.3 Å². The van der Waals surface area contributed by atoms with Gasteiger partial charge in [-0.25, -0.2) is 4.79 Å². The fourth-order valence-electron chi connectivity index (χ4n) is 3.19. The Bertz CT molecular complexity index is 698. The molecule has 128 valence electrons. The number of nitrogens with one attached hydrogen (secondary N) is 1. The number of urea groups is 1. The minimum atomic E-state index is -0.734. The van der Waals surface area contributed by atoms with E-state index in [0.717, 1.165) is 16.7 Å². The zero-order valence-corrected chi connectivity index (χ0v) is 13.7. The number of carboxylic acids is 1. The van der Waals surface area contributed by atoms with Crippen LogP contribution in [0.15, 0.2) is 34.7 Å². The van der Waals surface area contributed by atoms with Crippen LogP contribution in [0.2, 0.25) is 0 Å².